The Morgan fingerprint density at radius 2 is 2.19 bits per heavy atom. The molecule has 112 valence electrons. The van der Waals surface area contributed by atoms with Gasteiger partial charge in [-0.2, -0.15) is 4.98 Å². The summed E-state index contributed by atoms with van der Waals surface area (Å²) in [6.07, 6.45) is 2.16. The molecule has 0 aromatic carbocycles. The molecule has 0 aliphatic heterocycles. The molecule has 0 saturated heterocycles. The van der Waals surface area contributed by atoms with E-state index in [0.29, 0.717) is 12.5 Å². The van der Waals surface area contributed by atoms with Crippen LogP contribution in [0.2, 0.25) is 0 Å². The number of nitrogens with zero attached hydrogens (tertiary/aromatic N) is 3. The van der Waals surface area contributed by atoms with Gasteiger partial charge in [-0.25, -0.2) is 4.98 Å². The molecule has 0 atom stereocenters. The number of hydrogen-bond donors (Lipinski definition) is 2. The van der Waals surface area contributed by atoms with E-state index in [9.17, 15) is 10.1 Å². The van der Waals surface area contributed by atoms with E-state index in [1.165, 1.54) is 11.1 Å². The Morgan fingerprint density at radius 3 is 2.81 bits per heavy atom. The SMILES string of the molecule is CCCNc1ncc([N+](=O)[O-])c(NCc2ccc(C)s2)n1. The summed E-state index contributed by atoms with van der Waals surface area (Å²) in [5, 5.41) is 17.1. The van der Waals surface area contributed by atoms with Crippen LogP contribution >= 0.6 is 11.3 Å². The summed E-state index contributed by atoms with van der Waals surface area (Å²) in [7, 11) is 0. The number of thiophene rings is 1. The second-order valence-corrected chi connectivity index (χ2v) is 5.85. The van der Waals surface area contributed by atoms with Crippen molar-refractivity contribution in [2.75, 3.05) is 17.2 Å². The number of rotatable bonds is 7. The van der Waals surface area contributed by atoms with Crippen LogP contribution in [0.3, 0.4) is 0 Å². The Morgan fingerprint density at radius 1 is 1.38 bits per heavy atom. The first-order valence-corrected chi connectivity index (χ1v) is 7.46. The summed E-state index contributed by atoms with van der Waals surface area (Å²) in [6, 6.07) is 4.01. The molecule has 0 unspecified atom stereocenters. The Labute approximate surface area is 126 Å². The number of anilines is 2. The molecule has 0 bridgehead atoms. The van der Waals surface area contributed by atoms with Crippen molar-refractivity contribution < 1.29 is 4.92 Å². The van der Waals surface area contributed by atoms with E-state index in [-0.39, 0.29) is 11.5 Å². The molecule has 2 N–H and O–H groups in total. The van der Waals surface area contributed by atoms with Crippen LogP contribution in [0.25, 0.3) is 0 Å². The maximum atomic E-state index is 11.0. The third kappa shape index (κ3) is 4.12. The first-order valence-electron chi connectivity index (χ1n) is 6.64. The molecule has 2 heterocycles. The van der Waals surface area contributed by atoms with Crippen LogP contribution in [-0.2, 0) is 6.54 Å². The normalized spacial score (nSPS) is 10.4. The number of aryl methyl sites for hydroxylation is 1. The van der Waals surface area contributed by atoms with Gasteiger partial charge in [0.1, 0.15) is 6.20 Å². The fraction of sp³-hybridized carbons (Fsp3) is 0.385. The van der Waals surface area contributed by atoms with Crippen LogP contribution in [0.5, 0.6) is 0 Å². The highest BCUT2D eigenvalue weighted by atomic mass is 32.1. The maximum Gasteiger partial charge on any atom is 0.329 e. The highest BCUT2D eigenvalue weighted by Gasteiger charge is 2.17. The highest BCUT2D eigenvalue weighted by molar-refractivity contribution is 7.11. The van der Waals surface area contributed by atoms with E-state index in [2.05, 4.69) is 20.6 Å². The van der Waals surface area contributed by atoms with Gasteiger partial charge < -0.3 is 10.6 Å². The minimum atomic E-state index is -0.481. The summed E-state index contributed by atoms with van der Waals surface area (Å²) in [4.78, 5) is 21.0. The summed E-state index contributed by atoms with van der Waals surface area (Å²) >= 11 is 1.65. The maximum absolute atomic E-state index is 11.0. The smallest absolute Gasteiger partial charge is 0.329 e. The van der Waals surface area contributed by atoms with Crippen LogP contribution in [0, 0.1) is 17.0 Å². The van der Waals surface area contributed by atoms with Crippen molar-refractivity contribution in [3.8, 4) is 0 Å². The minimum Gasteiger partial charge on any atom is -0.359 e. The fourth-order valence-corrected chi connectivity index (χ4v) is 2.54. The predicted octanol–water partition coefficient (Wildman–Crippen LogP) is 3.19. The molecule has 0 aliphatic rings. The molecule has 7 nitrogen and oxygen atoms in total. The Bertz CT molecular complexity index is 629. The lowest BCUT2D eigenvalue weighted by molar-refractivity contribution is -0.384. The van der Waals surface area contributed by atoms with Gasteiger partial charge in [-0.05, 0) is 25.5 Å². The largest absolute Gasteiger partial charge is 0.359 e. The lowest BCUT2D eigenvalue weighted by Gasteiger charge is -2.07. The van der Waals surface area contributed by atoms with Gasteiger partial charge in [-0.1, -0.05) is 6.92 Å². The molecule has 0 radical (unpaired) electrons. The fourth-order valence-electron chi connectivity index (χ4n) is 1.71. The number of aromatic nitrogens is 2. The highest BCUT2D eigenvalue weighted by Crippen LogP contribution is 2.24. The van der Waals surface area contributed by atoms with E-state index < -0.39 is 4.92 Å². The molecule has 0 spiro atoms. The van der Waals surface area contributed by atoms with E-state index in [0.717, 1.165) is 17.8 Å². The van der Waals surface area contributed by atoms with Gasteiger partial charge in [-0.3, -0.25) is 10.1 Å². The predicted molar refractivity (Wildman–Crippen MR) is 83.8 cm³/mol. The number of hydrogen-bond acceptors (Lipinski definition) is 7. The van der Waals surface area contributed by atoms with Crippen LogP contribution in [0.1, 0.15) is 23.1 Å². The van der Waals surface area contributed by atoms with Crippen LogP contribution < -0.4 is 10.6 Å². The molecule has 0 saturated carbocycles. The second kappa shape index (κ2) is 6.98. The Balaban J connectivity index is 2.15. The molecule has 2 aromatic heterocycles. The van der Waals surface area contributed by atoms with Gasteiger partial charge in [0, 0.05) is 16.3 Å². The quantitative estimate of drug-likeness (QED) is 0.603. The molecular weight excluding hydrogens is 290 g/mol. The van der Waals surface area contributed by atoms with E-state index in [1.54, 1.807) is 11.3 Å². The number of nitro groups is 1. The van der Waals surface area contributed by atoms with E-state index >= 15 is 0 Å². The first-order chi connectivity index (χ1) is 10.1. The molecule has 2 rings (SSSR count). The van der Waals surface area contributed by atoms with Crippen molar-refractivity contribution in [3.05, 3.63) is 38.2 Å². The first kappa shape index (κ1) is 15.2. The zero-order valence-electron chi connectivity index (χ0n) is 11.9. The minimum absolute atomic E-state index is 0.120. The van der Waals surface area contributed by atoms with Crippen molar-refractivity contribution in [3.63, 3.8) is 0 Å². The van der Waals surface area contributed by atoms with Crippen LogP contribution in [0.15, 0.2) is 18.3 Å². The standard InChI is InChI=1S/C13H17N5O2S/c1-3-6-14-13-16-8-11(18(19)20)12(17-13)15-7-10-5-4-9(2)21-10/h4-5,8H,3,6-7H2,1-2H3,(H2,14,15,16,17). The lowest BCUT2D eigenvalue weighted by atomic mass is 10.4. The van der Waals surface area contributed by atoms with Crippen molar-refractivity contribution in [2.45, 2.75) is 26.8 Å². The van der Waals surface area contributed by atoms with Gasteiger partial charge in [0.25, 0.3) is 0 Å². The van der Waals surface area contributed by atoms with Crippen LogP contribution in [0.4, 0.5) is 17.5 Å². The monoisotopic (exact) mass is 307 g/mol. The molecule has 8 heteroatoms. The summed E-state index contributed by atoms with van der Waals surface area (Å²) in [6.45, 7) is 5.27. The van der Waals surface area contributed by atoms with Crippen molar-refractivity contribution in [2.24, 2.45) is 0 Å². The average Bonchev–Trinajstić information content (AvgIpc) is 2.88. The summed E-state index contributed by atoms with van der Waals surface area (Å²) in [5.41, 5.74) is -0.120. The lowest BCUT2D eigenvalue weighted by Crippen LogP contribution is -2.09. The molecule has 0 amide bonds. The summed E-state index contributed by atoms with van der Waals surface area (Å²) < 4.78 is 0. The third-order valence-electron chi connectivity index (χ3n) is 2.73. The van der Waals surface area contributed by atoms with Gasteiger partial charge in [0.05, 0.1) is 11.5 Å². The van der Waals surface area contributed by atoms with Crippen LogP contribution in [-0.4, -0.2) is 21.4 Å². The van der Waals surface area contributed by atoms with E-state index in [4.69, 9.17) is 0 Å². The second-order valence-electron chi connectivity index (χ2n) is 4.48. The Hall–Kier alpha value is -2.22. The molecule has 0 fully saturated rings. The van der Waals surface area contributed by atoms with Crippen molar-refractivity contribution in [1.82, 2.24) is 9.97 Å². The summed E-state index contributed by atoms with van der Waals surface area (Å²) in [5.74, 6) is 0.631. The van der Waals surface area contributed by atoms with E-state index in [1.807, 2.05) is 26.0 Å². The van der Waals surface area contributed by atoms with Crippen molar-refractivity contribution >= 4 is 28.8 Å². The van der Waals surface area contributed by atoms with Gasteiger partial charge >= 0.3 is 5.69 Å². The number of nitrogens with one attached hydrogen (secondary N) is 2. The van der Waals surface area contributed by atoms with Gasteiger partial charge in [0.2, 0.25) is 11.8 Å². The van der Waals surface area contributed by atoms with Crippen molar-refractivity contribution in [1.29, 1.82) is 0 Å². The molecule has 2 aromatic rings. The Kier molecular flexibility index (Phi) is 5.04. The zero-order chi connectivity index (χ0) is 15.2. The third-order valence-corrected chi connectivity index (χ3v) is 3.73. The molecule has 21 heavy (non-hydrogen) atoms. The molecular formula is C13H17N5O2S. The van der Waals surface area contributed by atoms with Gasteiger partial charge in [0.15, 0.2) is 0 Å². The average molecular weight is 307 g/mol. The van der Waals surface area contributed by atoms with Gasteiger partial charge in [-0.15, -0.1) is 11.3 Å². The zero-order valence-corrected chi connectivity index (χ0v) is 12.7. The topological polar surface area (TPSA) is 93.0 Å². The molecule has 0 aliphatic carbocycles.